The average molecular weight is 388 g/mol. The zero-order chi connectivity index (χ0) is 20.4. The van der Waals surface area contributed by atoms with E-state index in [1.807, 2.05) is 36.6 Å². The summed E-state index contributed by atoms with van der Waals surface area (Å²) in [6, 6.07) is 8.13. The van der Waals surface area contributed by atoms with Crippen LogP contribution in [0.3, 0.4) is 0 Å². The van der Waals surface area contributed by atoms with E-state index in [-0.39, 0.29) is 11.8 Å². The van der Waals surface area contributed by atoms with Gasteiger partial charge in [-0.3, -0.25) is 14.4 Å². The van der Waals surface area contributed by atoms with Gasteiger partial charge < -0.3 is 21.3 Å². The summed E-state index contributed by atoms with van der Waals surface area (Å²) in [4.78, 5) is 38.5. The van der Waals surface area contributed by atoms with Crippen LogP contribution >= 0.6 is 0 Å². The van der Waals surface area contributed by atoms with Crippen LogP contribution in [0.4, 0.5) is 0 Å². The third kappa shape index (κ3) is 6.14. The van der Waals surface area contributed by atoms with Gasteiger partial charge in [0.1, 0.15) is 6.04 Å². The molecular weight excluding hydrogens is 356 g/mol. The molecule has 2 rings (SSSR count). The molecule has 0 aromatic heterocycles. The maximum Gasteiger partial charge on any atom is 0.245 e. The molecule has 1 aromatic carbocycles. The molecule has 7 nitrogen and oxygen atoms in total. The molecule has 0 bridgehead atoms. The van der Waals surface area contributed by atoms with E-state index in [1.165, 1.54) is 0 Å². The average Bonchev–Trinajstić information content (AvgIpc) is 3.20. The Balaban J connectivity index is 2.05. The van der Waals surface area contributed by atoms with Gasteiger partial charge in [0.05, 0.1) is 12.1 Å². The minimum absolute atomic E-state index is 0.203. The van der Waals surface area contributed by atoms with Crippen LogP contribution in [0, 0.1) is 0 Å². The maximum absolute atomic E-state index is 13.0. The fraction of sp³-hybridized carbons (Fsp3) is 0.571. The summed E-state index contributed by atoms with van der Waals surface area (Å²) in [6.07, 6.45) is 5.91. The summed E-state index contributed by atoms with van der Waals surface area (Å²) in [5.74, 6) is -0.422. The summed E-state index contributed by atoms with van der Waals surface area (Å²) in [7, 11) is 1.73. The molecule has 1 heterocycles. The van der Waals surface area contributed by atoms with Crippen molar-refractivity contribution < 1.29 is 14.4 Å². The first-order valence-electron chi connectivity index (χ1n) is 10.0. The Kier molecular flexibility index (Phi) is 9.10. The van der Waals surface area contributed by atoms with Crippen molar-refractivity contribution in [2.75, 3.05) is 20.1 Å². The number of carbonyl (C=O) groups is 2. The molecule has 1 radical (unpaired) electrons. The molecule has 153 valence electrons. The predicted octanol–water partition coefficient (Wildman–Crippen LogP) is 0.532. The van der Waals surface area contributed by atoms with Crippen LogP contribution in [-0.2, 0) is 20.8 Å². The van der Waals surface area contributed by atoms with Gasteiger partial charge in [0.15, 0.2) is 0 Å². The fourth-order valence-corrected chi connectivity index (χ4v) is 3.55. The molecule has 2 amide bonds. The van der Waals surface area contributed by atoms with E-state index < -0.39 is 18.1 Å². The van der Waals surface area contributed by atoms with Gasteiger partial charge in [-0.05, 0) is 57.7 Å². The molecule has 1 aromatic rings. The van der Waals surface area contributed by atoms with E-state index in [9.17, 15) is 14.4 Å². The van der Waals surface area contributed by atoms with Crippen LogP contribution in [0.1, 0.15) is 37.7 Å². The van der Waals surface area contributed by atoms with Crippen molar-refractivity contribution in [2.24, 2.45) is 5.73 Å². The molecule has 1 fully saturated rings. The van der Waals surface area contributed by atoms with E-state index in [4.69, 9.17) is 5.73 Å². The van der Waals surface area contributed by atoms with Crippen molar-refractivity contribution in [3.8, 4) is 0 Å². The van der Waals surface area contributed by atoms with Gasteiger partial charge in [-0.2, -0.15) is 0 Å². The molecule has 0 spiro atoms. The Morgan fingerprint density at radius 2 is 2.00 bits per heavy atom. The van der Waals surface area contributed by atoms with E-state index in [2.05, 4.69) is 10.6 Å². The van der Waals surface area contributed by atoms with Crippen LogP contribution in [0.25, 0.3) is 0 Å². The summed E-state index contributed by atoms with van der Waals surface area (Å²) >= 11 is 0. The van der Waals surface area contributed by atoms with Crippen LogP contribution < -0.4 is 16.4 Å². The van der Waals surface area contributed by atoms with Crippen molar-refractivity contribution in [3.05, 3.63) is 35.9 Å². The number of nitrogens with one attached hydrogen (secondary N) is 2. The lowest BCUT2D eigenvalue weighted by atomic mass is 10.0. The van der Waals surface area contributed by atoms with Gasteiger partial charge in [-0.25, -0.2) is 0 Å². The third-order valence-corrected chi connectivity index (χ3v) is 5.18. The maximum atomic E-state index is 13.0. The molecule has 1 aliphatic heterocycles. The van der Waals surface area contributed by atoms with Crippen LogP contribution in [0.5, 0.6) is 0 Å². The highest BCUT2D eigenvalue weighted by Crippen LogP contribution is 2.18. The Morgan fingerprint density at radius 3 is 2.64 bits per heavy atom. The van der Waals surface area contributed by atoms with Crippen LogP contribution in [0.15, 0.2) is 30.3 Å². The number of unbranched alkanes of at least 4 members (excludes halogenated alkanes) is 1. The number of nitrogens with zero attached hydrogens (tertiary/aromatic N) is 1. The van der Waals surface area contributed by atoms with Crippen molar-refractivity contribution in [2.45, 2.75) is 56.7 Å². The summed E-state index contributed by atoms with van der Waals surface area (Å²) < 4.78 is 0. The van der Waals surface area contributed by atoms with Crippen LogP contribution in [-0.4, -0.2) is 61.3 Å². The SMILES string of the molecule is CN[C@@H](Cc1ccccc1)C(=O)N[C@@H](CCCCN)C(=O)N1CCC[C@H]1[C]=O. The highest BCUT2D eigenvalue weighted by atomic mass is 16.2. The van der Waals surface area contributed by atoms with E-state index >= 15 is 0 Å². The number of likely N-dealkylation sites (N-methyl/N-ethyl adjacent to an activating group) is 1. The van der Waals surface area contributed by atoms with Gasteiger partial charge in [0, 0.05) is 6.54 Å². The largest absolute Gasteiger partial charge is 0.343 e. The van der Waals surface area contributed by atoms with E-state index in [0.29, 0.717) is 32.4 Å². The molecule has 1 saturated heterocycles. The summed E-state index contributed by atoms with van der Waals surface area (Å²) in [5.41, 5.74) is 6.61. The number of hydrogen-bond donors (Lipinski definition) is 3. The molecule has 0 saturated carbocycles. The molecule has 1 aliphatic rings. The van der Waals surface area contributed by atoms with Crippen molar-refractivity contribution in [1.82, 2.24) is 15.5 Å². The van der Waals surface area contributed by atoms with Crippen molar-refractivity contribution in [3.63, 3.8) is 0 Å². The molecule has 7 heteroatoms. The number of likely N-dealkylation sites (tertiary alicyclic amines) is 1. The molecule has 0 unspecified atom stereocenters. The number of hydrogen-bond acceptors (Lipinski definition) is 5. The van der Waals surface area contributed by atoms with Crippen LogP contribution in [0.2, 0.25) is 0 Å². The summed E-state index contributed by atoms with van der Waals surface area (Å²) in [6.45, 7) is 1.07. The zero-order valence-electron chi connectivity index (χ0n) is 16.5. The molecule has 3 atom stereocenters. The Hall–Kier alpha value is -2.25. The second-order valence-electron chi connectivity index (χ2n) is 7.18. The number of rotatable bonds is 11. The number of carbonyl (C=O) groups excluding carboxylic acids is 3. The minimum Gasteiger partial charge on any atom is -0.343 e. The molecule has 0 aliphatic carbocycles. The van der Waals surface area contributed by atoms with Gasteiger partial charge in [-0.15, -0.1) is 0 Å². The quantitative estimate of drug-likeness (QED) is 0.481. The first-order valence-corrected chi connectivity index (χ1v) is 10.0. The molecule has 28 heavy (non-hydrogen) atoms. The van der Waals surface area contributed by atoms with Crippen molar-refractivity contribution in [1.29, 1.82) is 0 Å². The summed E-state index contributed by atoms with van der Waals surface area (Å²) in [5, 5.41) is 5.94. The lowest BCUT2D eigenvalue weighted by Gasteiger charge is -2.28. The van der Waals surface area contributed by atoms with E-state index in [1.54, 1.807) is 11.9 Å². The highest BCUT2D eigenvalue weighted by Gasteiger charge is 2.34. The first kappa shape index (κ1) is 22.0. The number of nitrogens with two attached hydrogens (primary N) is 1. The second-order valence-corrected chi connectivity index (χ2v) is 7.18. The van der Waals surface area contributed by atoms with Gasteiger partial charge in [0.2, 0.25) is 18.1 Å². The van der Waals surface area contributed by atoms with Crippen molar-refractivity contribution >= 4 is 18.1 Å². The van der Waals surface area contributed by atoms with Gasteiger partial charge in [-0.1, -0.05) is 30.3 Å². The number of benzene rings is 1. The fourth-order valence-electron chi connectivity index (χ4n) is 3.55. The first-order chi connectivity index (χ1) is 13.6. The van der Waals surface area contributed by atoms with E-state index in [0.717, 1.165) is 24.8 Å². The third-order valence-electron chi connectivity index (χ3n) is 5.18. The Bertz CT molecular complexity index is 638. The Labute approximate surface area is 167 Å². The highest BCUT2D eigenvalue weighted by molar-refractivity contribution is 5.91. The topological polar surface area (TPSA) is 105 Å². The lowest BCUT2D eigenvalue weighted by Crippen LogP contribution is -2.54. The van der Waals surface area contributed by atoms with Gasteiger partial charge >= 0.3 is 0 Å². The minimum atomic E-state index is -0.653. The zero-order valence-corrected chi connectivity index (χ0v) is 16.5. The monoisotopic (exact) mass is 387 g/mol. The molecular formula is C21H31N4O3. The standard InChI is InChI=1S/C21H31N4O3/c1-23-19(14-16-8-3-2-4-9-16)20(27)24-18(11-5-6-12-22)21(28)25-13-7-10-17(25)15-26/h2-4,8-9,17-19,23H,5-7,10-14,22H2,1H3,(H,24,27)/t17-,18-,19-/m0/s1. The normalized spacial score (nSPS) is 18.5. The lowest BCUT2D eigenvalue weighted by molar-refractivity contribution is -0.137. The smallest absolute Gasteiger partial charge is 0.245 e. The van der Waals surface area contributed by atoms with Gasteiger partial charge in [0.25, 0.3) is 0 Å². The predicted molar refractivity (Wildman–Crippen MR) is 108 cm³/mol. The second kappa shape index (κ2) is 11.6. The number of amides is 2. The Morgan fingerprint density at radius 1 is 1.25 bits per heavy atom. The molecule has 4 N–H and O–H groups in total.